The van der Waals surface area contributed by atoms with Crippen molar-refractivity contribution in [2.24, 2.45) is 29.6 Å². The topological polar surface area (TPSA) is 244 Å². The van der Waals surface area contributed by atoms with E-state index in [9.17, 15) is 38.7 Å². The Morgan fingerprint density at radius 1 is 0.590 bits per heavy atom. The summed E-state index contributed by atoms with van der Waals surface area (Å²) in [4.78, 5) is 138. The van der Waals surface area contributed by atoms with Crippen LogP contribution in [0.4, 0.5) is 0 Å². The predicted octanol–water partition coefficient (Wildman–Crippen LogP) is 4.03. The molecule has 2 aliphatic rings. The number of esters is 1. The second kappa shape index (κ2) is 28.5. The number of rotatable bonds is 13. The Bertz CT molecular complexity index is 2390. The van der Waals surface area contributed by atoms with Crippen molar-refractivity contribution in [3.05, 3.63) is 71.8 Å². The van der Waals surface area contributed by atoms with Crippen LogP contribution >= 0.6 is 0 Å². The lowest BCUT2D eigenvalue weighted by Crippen LogP contribution is -2.63. The van der Waals surface area contributed by atoms with Gasteiger partial charge in [0.05, 0.1) is 5.60 Å². The second-order valence-corrected chi connectivity index (χ2v) is 23.3. The number of hydrogen-bond acceptors (Lipinski definition) is 11. The first-order chi connectivity index (χ1) is 36.5. The van der Waals surface area contributed by atoms with Crippen molar-refractivity contribution in [1.82, 2.24) is 40.9 Å². The highest BCUT2D eigenvalue weighted by atomic mass is 16.6. The van der Waals surface area contributed by atoms with Crippen molar-refractivity contribution in [3.63, 3.8) is 0 Å². The molecule has 2 aromatic rings. The number of likely N-dealkylation sites (N-methyl/N-ethyl adjacent to an activating group) is 3. The number of ether oxygens (including phenoxy) is 1. The average molecular weight is 1090 g/mol. The molecular formula is C59H90N8O11. The van der Waals surface area contributed by atoms with Gasteiger partial charge in [0.25, 0.3) is 5.91 Å². The molecule has 0 spiro atoms. The molecule has 0 saturated carbocycles. The lowest BCUT2D eigenvalue weighted by atomic mass is 9.94. The number of hydrogen-bond donors (Lipinski definition) is 5. The van der Waals surface area contributed by atoms with Crippen LogP contribution in [0.2, 0.25) is 0 Å². The molecule has 2 aliphatic heterocycles. The first-order valence-electron chi connectivity index (χ1n) is 27.9. The van der Waals surface area contributed by atoms with Gasteiger partial charge in [-0.1, -0.05) is 136 Å². The quantitative estimate of drug-likeness (QED) is 0.179. The van der Waals surface area contributed by atoms with E-state index in [0.717, 1.165) is 10.5 Å². The number of benzene rings is 2. The Morgan fingerprint density at radius 2 is 1.10 bits per heavy atom. The van der Waals surface area contributed by atoms with E-state index in [1.165, 1.54) is 49.7 Å². The first kappa shape index (κ1) is 64.2. The summed E-state index contributed by atoms with van der Waals surface area (Å²) in [6, 6.07) is 8.02. The summed E-state index contributed by atoms with van der Waals surface area (Å²) in [6.45, 7) is 20.5. The van der Waals surface area contributed by atoms with Gasteiger partial charge in [0, 0.05) is 46.4 Å². The molecule has 0 radical (unpaired) electrons. The Labute approximate surface area is 462 Å². The molecule has 2 aromatic carbocycles. The Kier molecular flexibility index (Phi) is 23.4. The zero-order valence-electron chi connectivity index (χ0n) is 48.8. The predicted molar refractivity (Wildman–Crippen MR) is 297 cm³/mol. The highest BCUT2D eigenvalue weighted by molar-refractivity contribution is 5.99. The van der Waals surface area contributed by atoms with Crippen molar-refractivity contribution in [2.75, 3.05) is 27.7 Å². The first-order valence-corrected chi connectivity index (χ1v) is 27.9. The molecule has 5 N–H and O–H groups in total. The molecule has 8 amide bonds. The number of amides is 8. The highest BCUT2D eigenvalue weighted by Gasteiger charge is 2.47. The number of carbonyl (C=O) groups is 9. The lowest BCUT2D eigenvalue weighted by Gasteiger charge is -2.39. The van der Waals surface area contributed by atoms with Crippen molar-refractivity contribution in [2.45, 2.75) is 188 Å². The minimum Gasteiger partial charge on any atom is -0.450 e. The fraction of sp³-hybridized carbons (Fsp3) is 0.644. The van der Waals surface area contributed by atoms with Crippen molar-refractivity contribution >= 4 is 53.2 Å². The average Bonchev–Trinajstić information content (AvgIpc) is 3.89. The summed E-state index contributed by atoms with van der Waals surface area (Å²) in [6.07, 6.45) is 0.0859. The molecule has 0 bridgehead atoms. The maximum atomic E-state index is 15.2. The Balaban J connectivity index is 1.95. The van der Waals surface area contributed by atoms with Gasteiger partial charge in [0.2, 0.25) is 41.4 Å². The number of nitrogens with zero attached hydrogens (tertiary/aromatic N) is 4. The van der Waals surface area contributed by atoms with Crippen LogP contribution < -0.4 is 21.3 Å². The third kappa shape index (κ3) is 16.3. The van der Waals surface area contributed by atoms with E-state index in [1.807, 2.05) is 57.2 Å². The van der Waals surface area contributed by atoms with Crippen LogP contribution in [-0.2, 0) is 60.7 Å². The molecule has 19 heteroatoms. The molecule has 1 unspecified atom stereocenters. The molecule has 0 aliphatic carbocycles. The summed E-state index contributed by atoms with van der Waals surface area (Å²) < 4.78 is 6.08. The largest absolute Gasteiger partial charge is 0.450 e. The highest BCUT2D eigenvalue weighted by Crippen LogP contribution is 2.27. The van der Waals surface area contributed by atoms with E-state index >= 15 is 9.59 Å². The third-order valence-corrected chi connectivity index (χ3v) is 15.4. The molecular weight excluding hydrogens is 997 g/mol. The number of aliphatic hydroxyl groups is 1. The zero-order valence-corrected chi connectivity index (χ0v) is 48.8. The van der Waals surface area contributed by atoms with Gasteiger partial charge in [-0.15, -0.1) is 0 Å². The van der Waals surface area contributed by atoms with Crippen molar-refractivity contribution in [3.8, 4) is 0 Å². The van der Waals surface area contributed by atoms with Crippen LogP contribution in [0.3, 0.4) is 0 Å². The smallest absolute Gasteiger partial charge is 0.332 e. The lowest BCUT2D eigenvalue weighted by molar-refractivity contribution is -0.177. The standard InChI is InChI=1S/C59H90N8O11/c1-16-37(9)46-52(70)62-45(35(5)6)51(69)60-41(31-34(3)4)55(73)66(15)49(59(11,12)77)58(76)78-48(38(10)17-2)57(75)65(14)47(36(7)8)53(71)61-42(32-39-25-20-18-21-26-39)54(72)64(13)44(33-40-27-22-19-23-28-40)56(74)67-30-24-29-43(67)50(68)63-46/h18-23,25-28,34-38,41-49,77H,16-17,24,29-33H2,1-15H3,(H,60,69)(H,61,71)(H,62,70)(H,63,68)/t37-,38+,41-,42-,43-,44-,45-,46-,47-,48+,49?/m0/s1. The molecule has 2 saturated heterocycles. The van der Waals surface area contributed by atoms with Gasteiger partial charge >= 0.3 is 5.97 Å². The molecule has 2 fully saturated rings. The van der Waals surface area contributed by atoms with Crippen LogP contribution in [0.1, 0.15) is 126 Å². The van der Waals surface area contributed by atoms with Crippen LogP contribution in [0.25, 0.3) is 0 Å². The van der Waals surface area contributed by atoms with Gasteiger partial charge in [-0.3, -0.25) is 38.4 Å². The fourth-order valence-corrected chi connectivity index (χ4v) is 10.5. The maximum absolute atomic E-state index is 15.2. The minimum atomic E-state index is -1.97. The van der Waals surface area contributed by atoms with Crippen LogP contribution in [0, 0.1) is 29.6 Å². The van der Waals surface area contributed by atoms with Crippen molar-refractivity contribution < 1.29 is 53.0 Å². The van der Waals surface area contributed by atoms with Gasteiger partial charge < -0.3 is 50.7 Å². The number of cyclic esters (lactones) is 1. The second-order valence-electron chi connectivity index (χ2n) is 23.3. The summed E-state index contributed by atoms with van der Waals surface area (Å²) >= 11 is 0. The van der Waals surface area contributed by atoms with E-state index in [2.05, 4.69) is 21.3 Å². The van der Waals surface area contributed by atoms with Gasteiger partial charge in [0.15, 0.2) is 12.1 Å². The molecule has 19 nitrogen and oxygen atoms in total. The van der Waals surface area contributed by atoms with E-state index < -0.39 is 137 Å². The SMILES string of the molecule is CC[C@@H](C)[C@H]1OC(=O)C(C(C)(C)O)N(C)C(=O)[C@H](CC(C)C)NC(=O)[C@H](C(C)C)NC(=O)[C@H]([C@@H](C)CC)NC(=O)[C@@H]2CCCN2C(=O)[C@H](Cc2ccccc2)N(C)C(=O)[C@H](Cc2ccccc2)NC(=O)[C@H](C(C)C)N(C)C1=O. The molecule has 11 atom stereocenters. The number of nitrogens with one attached hydrogen (secondary N) is 4. The van der Waals surface area contributed by atoms with Crippen molar-refractivity contribution in [1.29, 1.82) is 0 Å². The van der Waals surface area contributed by atoms with Crippen LogP contribution in [-0.4, -0.2) is 166 Å². The van der Waals surface area contributed by atoms with E-state index in [4.69, 9.17) is 4.74 Å². The van der Waals surface area contributed by atoms with Crippen LogP contribution in [0.5, 0.6) is 0 Å². The van der Waals surface area contributed by atoms with Gasteiger partial charge in [-0.25, -0.2) is 4.79 Å². The summed E-state index contributed by atoms with van der Waals surface area (Å²) in [7, 11) is 4.19. The van der Waals surface area contributed by atoms with E-state index in [1.54, 1.807) is 72.7 Å². The maximum Gasteiger partial charge on any atom is 0.332 e. The van der Waals surface area contributed by atoms with Crippen LogP contribution in [0.15, 0.2) is 60.7 Å². The monoisotopic (exact) mass is 1090 g/mol. The molecule has 4 rings (SSSR count). The third-order valence-electron chi connectivity index (χ3n) is 15.4. The van der Waals surface area contributed by atoms with Gasteiger partial charge in [-0.05, 0) is 74.3 Å². The normalized spacial score (nSPS) is 26.6. The van der Waals surface area contributed by atoms with E-state index in [-0.39, 0.29) is 38.1 Å². The molecule has 78 heavy (non-hydrogen) atoms. The molecule has 2 heterocycles. The Morgan fingerprint density at radius 3 is 1.62 bits per heavy atom. The van der Waals surface area contributed by atoms with Gasteiger partial charge in [-0.2, -0.15) is 0 Å². The number of fused-ring (bicyclic) bond motifs is 1. The fourth-order valence-electron chi connectivity index (χ4n) is 10.5. The Hall–Kier alpha value is -6.37. The van der Waals surface area contributed by atoms with Gasteiger partial charge in [0.1, 0.15) is 42.3 Å². The summed E-state index contributed by atoms with van der Waals surface area (Å²) in [5.41, 5.74) is -0.553. The number of carbonyl (C=O) groups excluding carboxylic acids is 9. The molecule has 0 aromatic heterocycles. The summed E-state index contributed by atoms with van der Waals surface area (Å²) in [5.74, 6) is -8.82. The minimum absolute atomic E-state index is 0.00717. The van der Waals surface area contributed by atoms with E-state index in [0.29, 0.717) is 24.8 Å². The molecule has 432 valence electrons. The summed E-state index contributed by atoms with van der Waals surface area (Å²) in [5, 5.41) is 23.2. The zero-order chi connectivity index (χ0) is 58.5.